The number of rotatable bonds is 10. The van der Waals surface area contributed by atoms with E-state index in [9.17, 15) is 4.79 Å². The van der Waals surface area contributed by atoms with Gasteiger partial charge in [-0.05, 0) is 57.8 Å². The molecule has 4 aliphatic rings. The number of carbonyl (C=O) groups excluding carboxylic acids is 1. The van der Waals surface area contributed by atoms with Gasteiger partial charge in [0.1, 0.15) is 17.6 Å². The van der Waals surface area contributed by atoms with E-state index in [1.54, 1.807) is 19.4 Å². The monoisotopic (exact) mass is 497 g/mol. The summed E-state index contributed by atoms with van der Waals surface area (Å²) in [5.74, 6) is 2.36. The molecule has 0 radical (unpaired) electrons. The fraction of sp³-hybridized carbons (Fsp3) is 0.640. The lowest BCUT2D eigenvalue weighted by Gasteiger charge is -2.61. The summed E-state index contributed by atoms with van der Waals surface area (Å²) < 4.78 is 16.9. The first-order valence-electron chi connectivity index (χ1n) is 12.7. The molecule has 11 nitrogen and oxygen atoms in total. The van der Waals surface area contributed by atoms with E-state index < -0.39 is 0 Å². The smallest absolute Gasteiger partial charge is 0.319 e. The van der Waals surface area contributed by atoms with Crippen molar-refractivity contribution >= 4 is 17.5 Å². The zero-order valence-electron chi connectivity index (χ0n) is 21.2. The fourth-order valence-electron chi connectivity index (χ4n) is 5.23. The first-order chi connectivity index (χ1) is 17.3. The van der Waals surface area contributed by atoms with E-state index in [-0.39, 0.29) is 23.6 Å². The number of methoxy groups -OCH3 is 1. The number of ether oxygens (including phenoxy) is 3. The maximum atomic E-state index is 13.1. The lowest BCUT2D eigenvalue weighted by atomic mass is 9.50. The lowest BCUT2D eigenvalue weighted by Crippen LogP contribution is -2.68. The van der Waals surface area contributed by atoms with Crippen molar-refractivity contribution in [3.05, 3.63) is 23.7 Å². The van der Waals surface area contributed by atoms with Crippen molar-refractivity contribution in [3.8, 4) is 11.9 Å². The van der Waals surface area contributed by atoms with Crippen LogP contribution in [0, 0.1) is 18.8 Å². The summed E-state index contributed by atoms with van der Waals surface area (Å²) in [5.41, 5.74) is 6.97. The number of aryl methyl sites for hydroxylation is 1. The van der Waals surface area contributed by atoms with Crippen LogP contribution in [0.15, 0.2) is 12.3 Å². The van der Waals surface area contributed by atoms with Crippen molar-refractivity contribution < 1.29 is 19.0 Å². The highest BCUT2D eigenvalue weighted by Gasteiger charge is 2.57. The van der Waals surface area contributed by atoms with Crippen molar-refractivity contribution in [2.24, 2.45) is 11.8 Å². The predicted molar refractivity (Wildman–Crippen MR) is 133 cm³/mol. The topological polar surface area (TPSA) is 138 Å². The normalized spacial score (nSPS) is 23.9. The highest BCUT2D eigenvalue weighted by Crippen LogP contribution is 2.57. The molecule has 3 heterocycles. The molecule has 0 spiro atoms. The van der Waals surface area contributed by atoms with Crippen LogP contribution < -0.4 is 25.4 Å². The second-order valence-corrected chi connectivity index (χ2v) is 10.4. The number of hydrogen-bond donors (Lipinski definition) is 2. The molecule has 36 heavy (non-hydrogen) atoms. The summed E-state index contributed by atoms with van der Waals surface area (Å²) in [6.45, 7) is 6.23. The van der Waals surface area contributed by atoms with Crippen LogP contribution in [-0.4, -0.2) is 70.9 Å². The molecule has 3 saturated carbocycles. The minimum atomic E-state index is -0.237. The SMILES string of the molecule is COC[C@@H](C)Oc1nc(C(=O)NC23CC(C2)C3)cc(N2CCC(COc3nc(C)cnc3N)CC2)n1. The van der Waals surface area contributed by atoms with Gasteiger partial charge in [0, 0.05) is 31.8 Å². The summed E-state index contributed by atoms with van der Waals surface area (Å²) in [5, 5.41) is 3.19. The Morgan fingerprint density at radius 1 is 1.25 bits per heavy atom. The third kappa shape index (κ3) is 5.30. The van der Waals surface area contributed by atoms with Gasteiger partial charge in [-0.2, -0.15) is 9.97 Å². The standard InChI is InChI=1S/C25H35N7O4/c1-15-12-27-21(26)23(28-15)35-14-17-4-6-32(7-5-17)20-8-19(22(33)31-25-9-18(10-25)11-25)29-24(30-20)36-16(2)13-34-3/h8,12,16-18H,4-7,9-11,13-14H2,1-3H3,(H2,26,27)(H,31,33)/t16-,18?,25?/m1/s1. The summed E-state index contributed by atoms with van der Waals surface area (Å²) in [6.07, 6.45) is 6.41. The van der Waals surface area contributed by atoms with Gasteiger partial charge in [0.15, 0.2) is 5.82 Å². The van der Waals surface area contributed by atoms with E-state index in [2.05, 4.69) is 30.2 Å². The Balaban J connectivity index is 1.24. The van der Waals surface area contributed by atoms with Crippen LogP contribution in [0.25, 0.3) is 0 Å². The zero-order valence-corrected chi connectivity index (χ0v) is 21.2. The van der Waals surface area contributed by atoms with E-state index in [0.29, 0.717) is 42.3 Å². The molecule has 1 atom stereocenters. The number of hydrogen-bond acceptors (Lipinski definition) is 10. The van der Waals surface area contributed by atoms with Crippen molar-refractivity contribution in [1.29, 1.82) is 0 Å². The molecule has 2 aromatic rings. The van der Waals surface area contributed by atoms with Gasteiger partial charge in [0.25, 0.3) is 11.8 Å². The first-order valence-corrected chi connectivity index (χ1v) is 12.7. The lowest BCUT2D eigenvalue weighted by molar-refractivity contribution is -0.0440. The Morgan fingerprint density at radius 3 is 2.67 bits per heavy atom. The van der Waals surface area contributed by atoms with Crippen LogP contribution in [0.2, 0.25) is 0 Å². The molecular formula is C25H35N7O4. The number of aromatic nitrogens is 4. The number of nitrogens with one attached hydrogen (secondary N) is 1. The maximum absolute atomic E-state index is 13.1. The number of nitrogens with two attached hydrogens (primary N) is 1. The molecule has 0 aromatic carbocycles. The van der Waals surface area contributed by atoms with E-state index in [1.807, 2.05) is 13.8 Å². The van der Waals surface area contributed by atoms with Crippen molar-refractivity contribution in [3.63, 3.8) is 0 Å². The van der Waals surface area contributed by atoms with Gasteiger partial charge in [-0.1, -0.05) is 0 Å². The van der Waals surface area contributed by atoms with Gasteiger partial charge in [-0.25, -0.2) is 9.97 Å². The van der Waals surface area contributed by atoms with Gasteiger partial charge < -0.3 is 30.2 Å². The minimum absolute atomic E-state index is 0.0271. The third-order valence-corrected chi connectivity index (χ3v) is 7.33. The minimum Gasteiger partial charge on any atom is -0.475 e. The van der Waals surface area contributed by atoms with E-state index in [4.69, 9.17) is 19.9 Å². The van der Waals surface area contributed by atoms with Gasteiger partial charge >= 0.3 is 6.01 Å². The van der Waals surface area contributed by atoms with Crippen LogP contribution in [0.1, 0.15) is 55.2 Å². The number of nitrogens with zero attached hydrogens (tertiary/aromatic N) is 5. The zero-order chi connectivity index (χ0) is 25.3. The maximum Gasteiger partial charge on any atom is 0.319 e. The van der Waals surface area contributed by atoms with Gasteiger partial charge in [-0.15, -0.1) is 0 Å². The summed E-state index contributed by atoms with van der Waals surface area (Å²) in [4.78, 5) is 32.7. The molecule has 2 bridgehead atoms. The first kappa shape index (κ1) is 24.5. The molecule has 0 unspecified atom stereocenters. The molecule has 194 valence electrons. The quantitative estimate of drug-likeness (QED) is 0.502. The third-order valence-electron chi connectivity index (χ3n) is 7.33. The number of anilines is 2. The van der Waals surface area contributed by atoms with Crippen molar-refractivity contribution in [2.45, 2.75) is 57.6 Å². The number of amides is 1. The van der Waals surface area contributed by atoms with Crippen molar-refractivity contribution in [2.75, 3.05) is 44.0 Å². The van der Waals surface area contributed by atoms with E-state index in [1.165, 1.54) is 0 Å². The Labute approximate surface area is 211 Å². The van der Waals surface area contributed by atoms with Gasteiger partial charge in [-0.3, -0.25) is 4.79 Å². The van der Waals surface area contributed by atoms with Crippen LogP contribution in [0.3, 0.4) is 0 Å². The summed E-state index contributed by atoms with van der Waals surface area (Å²) in [6, 6.07) is 1.97. The summed E-state index contributed by atoms with van der Waals surface area (Å²) in [7, 11) is 1.62. The Kier molecular flexibility index (Phi) is 6.83. The Hall–Kier alpha value is -3.21. The van der Waals surface area contributed by atoms with Crippen LogP contribution in [0.5, 0.6) is 11.9 Å². The summed E-state index contributed by atoms with van der Waals surface area (Å²) >= 11 is 0. The molecular weight excluding hydrogens is 462 g/mol. The van der Waals surface area contributed by atoms with Gasteiger partial charge in [0.05, 0.1) is 25.1 Å². The number of carbonyl (C=O) groups is 1. The van der Waals surface area contributed by atoms with E-state index in [0.717, 1.165) is 56.8 Å². The molecule has 3 aliphatic carbocycles. The molecule has 1 saturated heterocycles. The molecule has 11 heteroatoms. The van der Waals surface area contributed by atoms with Crippen LogP contribution in [0.4, 0.5) is 11.6 Å². The Bertz CT molecular complexity index is 1090. The highest BCUT2D eigenvalue weighted by atomic mass is 16.5. The largest absolute Gasteiger partial charge is 0.475 e. The Morgan fingerprint density at radius 2 is 2.00 bits per heavy atom. The molecule has 1 aliphatic heterocycles. The van der Waals surface area contributed by atoms with E-state index >= 15 is 0 Å². The van der Waals surface area contributed by atoms with Crippen LogP contribution in [-0.2, 0) is 4.74 Å². The second-order valence-electron chi connectivity index (χ2n) is 10.4. The number of piperidine rings is 1. The fourth-order valence-corrected chi connectivity index (χ4v) is 5.23. The molecule has 2 aromatic heterocycles. The average molecular weight is 498 g/mol. The predicted octanol–water partition coefficient (Wildman–Crippen LogP) is 2.15. The molecule has 1 amide bonds. The van der Waals surface area contributed by atoms with Gasteiger partial charge in [0.2, 0.25) is 0 Å². The van der Waals surface area contributed by atoms with Crippen molar-refractivity contribution in [1.82, 2.24) is 25.3 Å². The second kappa shape index (κ2) is 10.0. The molecule has 3 N–H and O–H groups in total. The molecule has 4 fully saturated rings. The average Bonchev–Trinajstić information content (AvgIpc) is 2.81. The highest BCUT2D eigenvalue weighted by molar-refractivity contribution is 5.94. The number of nitrogen functional groups attached to an aromatic ring is 1. The molecule has 6 rings (SSSR count). The van der Waals surface area contributed by atoms with Crippen LogP contribution >= 0.6 is 0 Å².